The van der Waals surface area contributed by atoms with Crippen molar-refractivity contribution >= 4 is 27.7 Å². The van der Waals surface area contributed by atoms with Crippen LogP contribution in [0.2, 0.25) is 0 Å². The van der Waals surface area contributed by atoms with Gasteiger partial charge in [0.2, 0.25) is 5.91 Å². The van der Waals surface area contributed by atoms with E-state index in [1.807, 2.05) is 26.8 Å². The highest BCUT2D eigenvalue weighted by Crippen LogP contribution is 2.17. The van der Waals surface area contributed by atoms with Crippen molar-refractivity contribution in [3.63, 3.8) is 0 Å². The van der Waals surface area contributed by atoms with E-state index in [1.165, 1.54) is 0 Å². The first-order chi connectivity index (χ1) is 7.95. The van der Waals surface area contributed by atoms with Crippen LogP contribution < -0.4 is 5.32 Å². The largest absolute Gasteiger partial charge is 0.359 e. The number of hydrogen-bond donors (Lipinski definition) is 1. The number of nitrogens with one attached hydrogen (secondary N) is 1. The van der Waals surface area contributed by atoms with Gasteiger partial charge in [0.25, 0.3) is 0 Å². The lowest BCUT2D eigenvalue weighted by Crippen LogP contribution is -2.39. The summed E-state index contributed by atoms with van der Waals surface area (Å²) in [6, 6.07) is 1.65. The van der Waals surface area contributed by atoms with Gasteiger partial charge >= 0.3 is 0 Å². The Morgan fingerprint density at radius 2 is 2.29 bits per heavy atom. The van der Waals surface area contributed by atoms with Crippen LogP contribution in [0.1, 0.15) is 19.4 Å². The van der Waals surface area contributed by atoms with E-state index in [0.717, 1.165) is 15.9 Å². The van der Waals surface area contributed by atoms with E-state index in [9.17, 15) is 4.79 Å². The number of likely N-dealkylation sites (N-methyl/N-ethyl adjacent to an activating group) is 1. The Kier molecular flexibility index (Phi) is 4.93. The molecular weight excluding hydrogens is 282 g/mol. The fourth-order valence-corrected chi connectivity index (χ4v) is 1.61. The van der Waals surface area contributed by atoms with E-state index in [2.05, 4.69) is 26.2 Å². The summed E-state index contributed by atoms with van der Waals surface area (Å²) in [5, 5.41) is 3.10. The van der Waals surface area contributed by atoms with E-state index in [4.69, 9.17) is 0 Å². The lowest BCUT2D eigenvalue weighted by molar-refractivity contribution is -0.130. The van der Waals surface area contributed by atoms with Crippen LogP contribution in [-0.4, -0.2) is 35.4 Å². The summed E-state index contributed by atoms with van der Waals surface area (Å²) in [6.07, 6.45) is 1.73. The van der Waals surface area contributed by atoms with Gasteiger partial charge < -0.3 is 10.2 Å². The molecule has 1 aromatic heterocycles. The molecule has 1 rings (SSSR count). The first-order valence-electron chi connectivity index (χ1n) is 5.59. The van der Waals surface area contributed by atoms with Crippen LogP contribution >= 0.6 is 15.9 Å². The number of pyridine rings is 1. The Labute approximate surface area is 111 Å². The molecule has 5 heteroatoms. The van der Waals surface area contributed by atoms with Crippen molar-refractivity contribution in [3.05, 3.63) is 22.3 Å². The minimum absolute atomic E-state index is 0.0647. The Hall–Kier alpha value is -1.10. The van der Waals surface area contributed by atoms with Gasteiger partial charge in [-0.25, -0.2) is 4.98 Å². The van der Waals surface area contributed by atoms with Gasteiger partial charge in [0.05, 0.1) is 0 Å². The zero-order valence-electron chi connectivity index (χ0n) is 10.6. The third-order valence-corrected chi connectivity index (χ3v) is 3.46. The van der Waals surface area contributed by atoms with Gasteiger partial charge in [-0.05, 0) is 48.3 Å². The standard InChI is InChI=1S/C12H18BrN3O/c1-5-16(4)12(17)9(3)15-11-6-8(2)10(13)7-14-11/h6-7,9H,5H2,1-4H3,(H,14,15). The number of nitrogens with zero attached hydrogens (tertiary/aromatic N) is 2. The van der Waals surface area contributed by atoms with Crippen LogP contribution in [0.5, 0.6) is 0 Å². The van der Waals surface area contributed by atoms with Crippen molar-refractivity contribution < 1.29 is 4.79 Å². The summed E-state index contributed by atoms with van der Waals surface area (Å²) >= 11 is 3.39. The molecule has 1 unspecified atom stereocenters. The summed E-state index contributed by atoms with van der Waals surface area (Å²) < 4.78 is 0.965. The quantitative estimate of drug-likeness (QED) is 0.929. The fourth-order valence-electron chi connectivity index (χ4n) is 1.39. The number of halogens is 1. The topological polar surface area (TPSA) is 45.2 Å². The SMILES string of the molecule is CCN(C)C(=O)C(C)Nc1cc(C)c(Br)cn1. The van der Waals surface area contributed by atoms with Gasteiger partial charge in [-0.1, -0.05) is 0 Å². The monoisotopic (exact) mass is 299 g/mol. The molecule has 0 fully saturated rings. The highest BCUT2D eigenvalue weighted by Gasteiger charge is 2.16. The molecule has 4 nitrogen and oxygen atoms in total. The molecule has 0 spiro atoms. The van der Waals surface area contributed by atoms with Crippen molar-refractivity contribution in [2.24, 2.45) is 0 Å². The number of aryl methyl sites for hydroxylation is 1. The molecule has 94 valence electrons. The first kappa shape index (κ1) is 14.0. The third-order valence-electron chi connectivity index (χ3n) is 2.63. The van der Waals surface area contributed by atoms with Crippen molar-refractivity contribution in [1.29, 1.82) is 0 Å². The van der Waals surface area contributed by atoms with Crippen molar-refractivity contribution in [3.8, 4) is 0 Å². The third kappa shape index (κ3) is 3.70. The fraction of sp³-hybridized carbons (Fsp3) is 0.500. The van der Waals surface area contributed by atoms with Crippen LogP contribution in [-0.2, 0) is 4.79 Å². The Bertz CT molecular complexity index is 409. The number of hydrogen-bond acceptors (Lipinski definition) is 3. The number of amides is 1. The molecule has 1 heterocycles. The highest BCUT2D eigenvalue weighted by atomic mass is 79.9. The van der Waals surface area contributed by atoms with E-state index in [-0.39, 0.29) is 11.9 Å². The highest BCUT2D eigenvalue weighted by molar-refractivity contribution is 9.10. The van der Waals surface area contributed by atoms with Crippen LogP contribution in [0.4, 0.5) is 5.82 Å². The van der Waals surface area contributed by atoms with Crippen LogP contribution in [0, 0.1) is 6.92 Å². The van der Waals surface area contributed by atoms with Gasteiger partial charge in [-0.3, -0.25) is 4.79 Å². The molecule has 0 radical (unpaired) electrons. The van der Waals surface area contributed by atoms with Crippen molar-refractivity contribution in [2.45, 2.75) is 26.8 Å². The molecule has 1 atom stereocenters. The molecule has 0 bridgehead atoms. The van der Waals surface area contributed by atoms with Gasteiger partial charge in [0.15, 0.2) is 0 Å². The second-order valence-corrected chi connectivity index (χ2v) is 4.89. The zero-order chi connectivity index (χ0) is 13.0. The van der Waals surface area contributed by atoms with Gasteiger partial charge in [0.1, 0.15) is 11.9 Å². The molecule has 0 saturated carbocycles. The lowest BCUT2D eigenvalue weighted by Gasteiger charge is -2.21. The van der Waals surface area contributed by atoms with E-state index in [1.54, 1.807) is 18.1 Å². The van der Waals surface area contributed by atoms with Crippen molar-refractivity contribution in [2.75, 3.05) is 18.9 Å². The first-order valence-corrected chi connectivity index (χ1v) is 6.38. The van der Waals surface area contributed by atoms with Gasteiger partial charge in [-0.2, -0.15) is 0 Å². The summed E-state index contributed by atoms with van der Waals surface area (Å²) in [5.41, 5.74) is 1.09. The zero-order valence-corrected chi connectivity index (χ0v) is 12.2. The molecule has 1 amide bonds. The second-order valence-electron chi connectivity index (χ2n) is 4.04. The molecule has 17 heavy (non-hydrogen) atoms. The number of carbonyl (C=O) groups is 1. The van der Waals surface area contributed by atoms with E-state index < -0.39 is 0 Å². The smallest absolute Gasteiger partial charge is 0.244 e. The Morgan fingerprint density at radius 3 is 2.82 bits per heavy atom. The van der Waals surface area contributed by atoms with Crippen LogP contribution in [0.25, 0.3) is 0 Å². The number of anilines is 1. The summed E-state index contributed by atoms with van der Waals surface area (Å²) in [4.78, 5) is 17.8. The predicted octanol–water partition coefficient (Wildman–Crippen LogP) is 2.43. The maximum absolute atomic E-state index is 11.9. The maximum Gasteiger partial charge on any atom is 0.244 e. The van der Waals surface area contributed by atoms with Crippen LogP contribution in [0.15, 0.2) is 16.7 Å². The van der Waals surface area contributed by atoms with Crippen molar-refractivity contribution in [1.82, 2.24) is 9.88 Å². The van der Waals surface area contributed by atoms with E-state index in [0.29, 0.717) is 6.54 Å². The molecule has 0 aliphatic rings. The molecule has 0 aromatic carbocycles. The Morgan fingerprint density at radius 1 is 1.65 bits per heavy atom. The average molecular weight is 300 g/mol. The number of carbonyl (C=O) groups excluding carboxylic acids is 1. The summed E-state index contributed by atoms with van der Waals surface area (Å²) in [5.74, 6) is 0.783. The second kappa shape index (κ2) is 6.00. The molecule has 0 saturated heterocycles. The normalized spacial score (nSPS) is 12.1. The van der Waals surface area contributed by atoms with E-state index >= 15 is 0 Å². The lowest BCUT2D eigenvalue weighted by atomic mass is 10.2. The van der Waals surface area contributed by atoms with Crippen LogP contribution in [0.3, 0.4) is 0 Å². The number of rotatable bonds is 4. The predicted molar refractivity (Wildman–Crippen MR) is 73.1 cm³/mol. The summed E-state index contributed by atoms with van der Waals surface area (Å²) in [6.45, 7) is 6.49. The summed E-state index contributed by atoms with van der Waals surface area (Å²) in [7, 11) is 1.79. The number of aromatic nitrogens is 1. The minimum Gasteiger partial charge on any atom is -0.359 e. The molecule has 0 aliphatic heterocycles. The Balaban J connectivity index is 2.71. The molecular formula is C12H18BrN3O. The molecule has 0 aliphatic carbocycles. The molecule has 1 aromatic rings. The molecule has 1 N–H and O–H groups in total. The average Bonchev–Trinajstić information content (AvgIpc) is 2.31. The van der Waals surface area contributed by atoms with Gasteiger partial charge in [-0.15, -0.1) is 0 Å². The minimum atomic E-state index is -0.270. The maximum atomic E-state index is 11.9. The van der Waals surface area contributed by atoms with Gasteiger partial charge in [0, 0.05) is 24.3 Å².